The Kier molecular flexibility index (Phi) is 5.50. The molecule has 0 aromatic heterocycles. The van der Waals surface area contributed by atoms with Crippen LogP contribution in [0.3, 0.4) is 0 Å². The number of likely N-dealkylation sites (tertiary alicyclic amines) is 1. The first-order valence-electron chi connectivity index (χ1n) is 10.1. The van der Waals surface area contributed by atoms with Crippen LogP contribution in [0.25, 0.3) is 0 Å². The van der Waals surface area contributed by atoms with Gasteiger partial charge in [0.2, 0.25) is 5.91 Å². The molecule has 2 fully saturated rings. The second-order valence-electron chi connectivity index (χ2n) is 8.97. The monoisotopic (exact) mass is 385 g/mol. The van der Waals surface area contributed by atoms with Crippen molar-refractivity contribution in [2.75, 3.05) is 19.6 Å². The smallest absolute Gasteiger partial charge is 0.325 e. The number of hydrogen-bond donors (Lipinski definition) is 1. The zero-order valence-electron chi connectivity index (χ0n) is 17.5. The Balaban J connectivity index is 1.74. The Labute approximate surface area is 167 Å². The summed E-state index contributed by atoms with van der Waals surface area (Å²) < 4.78 is 0. The van der Waals surface area contributed by atoms with Gasteiger partial charge < -0.3 is 10.2 Å². The van der Waals surface area contributed by atoms with Gasteiger partial charge in [-0.15, -0.1) is 0 Å². The summed E-state index contributed by atoms with van der Waals surface area (Å²) in [7, 11) is 0. The molecule has 2 saturated heterocycles. The van der Waals surface area contributed by atoms with E-state index in [1.807, 2.05) is 24.3 Å². The van der Waals surface area contributed by atoms with Gasteiger partial charge in [0.15, 0.2) is 0 Å². The van der Waals surface area contributed by atoms with E-state index < -0.39 is 11.6 Å². The van der Waals surface area contributed by atoms with Crippen LogP contribution in [0.15, 0.2) is 24.3 Å². The van der Waals surface area contributed by atoms with Gasteiger partial charge in [-0.3, -0.25) is 14.5 Å². The van der Waals surface area contributed by atoms with E-state index in [1.54, 1.807) is 11.8 Å². The molecule has 0 aliphatic carbocycles. The fourth-order valence-electron chi connectivity index (χ4n) is 4.34. The Morgan fingerprint density at radius 3 is 2.25 bits per heavy atom. The molecule has 6 nitrogen and oxygen atoms in total. The molecule has 3 atom stereocenters. The molecular weight excluding hydrogens is 354 g/mol. The number of imide groups is 1. The largest absolute Gasteiger partial charge is 0.341 e. The maximum Gasteiger partial charge on any atom is 0.325 e. The number of amides is 4. The molecule has 0 unspecified atom stereocenters. The van der Waals surface area contributed by atoms with Crippen LogP contribution in [0.5, 0.6) is 0 Å². The van der Waals surface area contributed by atoms with Gasteiger partial charge in [0.25, 0.3) is 5.91 Å². The summed E-state index contributed by atoms with van der Waals surface area (Å²) in [6.07, 6.45) is 1.09. The highest BCUT2D eigenvalue weighted by Crippen LogP contribution is 2.30. The van der Waals surface area contributed by atoms with Crippen LogP contribution in [0.1, 0.15) is 58.1 Å². The molecule has 3 rings (SSSR count). The normalized spacial score (nSPS) is 28.1. The number of urea groups is 1. The van der Waals surface area contributed by atoms with E-state index in [0.717, 1.165) is 16.9 Å². The van der Waals surface area contributed by atoms with Gasteiger partial charge >= 0.3 is 6.03 Å². The topological polar surface area (TPSA) is 69.7 Å². The number of hydrogen-bond acceptors (Lipinski definition) is 3. The van der Waals surface area contributed by atoms with Crippen molar-refractivity contribution in [1.82, 2.24) is 15.1 Å². The molecule has 0 saturated carbocycles. The highest BCUT2D eigenvalue weighted by molar-refractivity contribution is 6.09. The Bertz CT molecular complexity index is 764. The number of piperidine rings is 1. The maximum atomic E-state index is 13.1. The molecule has 1 aromatic carbocycles. The molecule has 152 valence electrons. The van der Waals surface area contributed by atoms with Gasteiger partial charge in [0.1, 0.15) is 12.1 Å². The molecule has 1 N–H and O–H groups in total. The van der Waals surface area contributed by atoms with E-state index in [9.17, 15) is 14.4 Å². The minimum atomic E-state index is -1.14. The molecule has 0 radical (unpaired) electrons. The van der Waals surface area contributed by atoms with Gasteiger partial charge in [0, 0.05) is 13.1 Å². The van der Waals surface area contributed by atoms with Crippen molar-refractivity contribution in [1.29, 1.82) is 0 Å². The van der Waals surface area contributed by atoms with Crippen molar-refractivity contribution in [3.05, 3.63) is 35.4 Å². The Morgan fingerprint density at radius 2 is 1.71 bits per heavy atom. The average molecular weight is 386 g/mol. The van der Waals surface area contributed by atoms with Gasteiger partial charge in [0.05, 0.1) is 0 Å². The number of nitrogens with one attached hydrogen (secondary N) is 1. The standard InChI is InChI=1S/C22H31N3O3/c1-14(2)17-6-8-18(9-7-17)22(5)20(27)25(21(28)23-22)13-19(26)24-11-15(3)10-16(4)12-24/h6-9,14-16H,10-13H2,1-5H3,(H,23,28)/t15-,16-,22+/m1/s1. The SMILES string of the molecule is CC(C)c1ccc([C@]2(C)NC(=O)N(CC(=O)N3C[C@H](C)C[C@@H](C)C3)C2=O)cc1. The zero-order valence-corrected chi connectivity index (χ0v) is 17.5. The minimum Gasteiger partial charge on any atom is -0.341 e. The molecule has 2 aliphatic rings. The lowest BCUT2D eigenvalue weighted by atomic mass is 9.90. The van der Waals surface area contributed by atoms with E-state index in [1.165, 1.54) is 5.56 Å². The highest BCUT2D eigenvalue weighted by atomic mass is 16.2. The summed E-state index contributed by atoms with van der Waals surface area (Å²) in [6.45, 7) is 11.3. The quantitative estimate of drug-likeness (QED) is 0.810. The van der Waals surface area contributed by atoms with Crippen LogP contribution in [-0.2, 0) is 15.1 Å². The fraction of sp³-hybridized carbons (Fsp3) is 0.591. The van der Waals surface area contributed by atoms with Crippen molar-refractivity contribution in [3.8, 4) is 0 Å². The molecule has 2 aliphatic heterocycles. The Hall–Kier alpha value is -2.37. The van der Waals surface area contributed by atoms with Crippen molar-refractivity contribution in [2.45, 2.75) is 52.5 Å². The van der Waals surface area contributed by atoms with E-state index in [-0.39, 0.29) is 18.4 Å². The lowest BCUT2D eigenvalue weighted by Gasteiger charge is -2.35. The number of rotatable bonds is 4. The summed E-state index contributed by atoms with van der Waals surface area (Å²) in [5.41, 5.74) is 0.755. The molecular formula is C22H31N3O3. The number of carbonyl (C=O) groups is 3. The van der Waals surface area contributed by atoms with Crippen molar-refractivity contribution in [2.24, 2.45) is 11.8 Å². The Morgan fingerprint density at radius 1 is 1.14 bits per heavy atom. The first-order valence-corrected chi connectivity index (χ1v) is 10.1. The molecule has 4 amide bonds. The molecule has 28 heavy (non-hydrogen) atoms. The van der Waals surface area contributed by atoms with Crippen LogP contribution >= 0.6 is 0 Å². The van der Waals surface area contributed by atoms with E-state index in [4.69, 9.17) is 0 Å². The lowest BCUT2D eigenvalue weighted by Crippen LogP contribution is -2.48. The second kappa shape index (κ2) is 7.57. The predicted molar refractivity (Wildman–Crippen MR) is 108 cm³/mol. The van der Waals surface area contributed by atoms with Crippen molar-refractivity contribution < 1.29 is 14.4 Å². The van der Waals surface area contributed by atoms with Crippen molar-refractivity contribution >= 4 is 17.8 Å². The summed E-state index contributed by atoms with van der Waals surface area (Å²) in [6, 6.07) is 7.22. The van der Waals surface area contributed by atoms with Crippen LogP contribution in [0.2, 0.25) is 0 Å². The van der Waals surface area contributed by atoms with Crippen LogP contribution in [0, 0.1) is 11.8 Å². The minimum absolute atomic E-state index is 0.165. The zero-order chi connectivity index (χ0) is 20.6. The predicted octanol–water partition coefficient (Wildman–Crippen LogP) is 3.08. The molecule has 1 aromatic rings. The third kappa shape index (κ3) is 3.77. The van der Waals surface area contributed by atoms with Gasteiger partial charge in [-0.2, -0.15) is 0 Å². The number of carbonyl (C=O) groups excluding carboxylic acids is 3. The average Bonchev–Trinajstić information content (AvgIpc) is 2.85. The summed E-state index contributed by atoms with van der Waals surface area (Å²) in [5, 5.41) is 2.79. The van der Waals surface area contributed by atoms with Gasteiger partial charge in [-0.05, 0) is 42.2 Å². The van der Waals surface area contributed by atoms with E-state index in [0.29, 0.717) is 30.8 Å². The van der Waals surface area contributed by atoms with E-state index in [2.05, 4.69) is 33.0 Å². The van der Waals surface area contributed by atoms with Crippen LogP contribution in [0.4, 0.5) is 4.79 Å². The first-order chi connectivity index (χ1) is 13.1. The molecule has 2 heterocycles. The summed E-state index contributed by atoms with van der Waals surface area (Å²) >= 11 is 0. The maximum absolute atomic E-state index is 13.1. The van der Waals surface area contributed by atoms with Crippen molar-refractivity contribution in [3.63, 3.8) is 0 Å². The number of benzene rings is 1. The third-order valence-corrected chi connectivity index (χ3v) is 5.94. The van der Waals surface area contributed by atoms with Gasteiger partial charge in [-0.25, -0.2) is 4.79 Å². The molecule has 0 spiro atoms. The fourth-order valence-corrected chi connectivity index (χ4v) is 4.34. The summed E-state index contributed by atoms with van der Waals surface area (Å²) in [5.74, 6) is 0.711. The molecule has 6 heteroatoms. The third-order valence-electron chi connectivity index (χ3n) is 5.94. The van der Waals surface area contributed by atoms with Crippen LogP contribution in [-0.4, -0.2) is 47.3 Å². The van der Waals surface area contributed by atoms with Gasteiger partial charge in [-0.1, -0.05) is 52.0 Å². The second-order valence-corrected chi connectivity index (χ2v) is 8.97. The van der Waals surface area contributed by atoms with Crippen LogP contribution < -0.4 is 5.32 Å². The highest BCUT2D eigenvalue weighted by Gasteiger charge is 2.49. The first kappa shape index (κ1) is 20.4. The summed E-state index contributed by atoms with van der Waals surface area (Å²) in [4.78, 5) is 41.2. The van der Waals surface area contributed by atoms with E-state index >= 15 is 0 Å². The lowest BCUT2D eigenvalue weighted by molar-refractivity contribution is -0.140. The molecule has 0 bridgehead atoms. The number of nitrogens with zero attached hydrogens (tertiary/aromatic N) is 2.